The highest BCUT2D eigenvalue weighted by molar-refractivity contribution is 4.89. The number of likely N-dealkylation sites (N-methyl/N-ethyl adjacent to an activating group) is 1. The van der Waals surface area contributed by atoms with Crippen molar-refractivity contribution in [2.45, 2.75) is 6.10 Å². The molecule has 74 valence electrons. The molecule has 0 aromatic carbocycles. The third kappa shape index (κ3) is 3.77. The molecular weight excluding hydrogens is 164 g/mol. The highest BCUT2D eigenvalue weighted by Crippen LogP contribution is 2.04. The molecule has 0 aromatic rings. The molecule has 1 fully saturated rings. The third-order valence-corrected chi connectivity index (χ3v) is 2.11. The Bertz CT molecular complexity index is 186. The van der Waals surface area contributed by atoms with Crippen molar-refractivity contribution < 1.29 is 4.74 Å². The van der Waals surface area contributed by atoms with Crippen LogP contribution in [0.4, 0.5) is 0 Å². The van der Waals surface area contributed by atoms with Gasteiger partial charge in [0, 0.05) is 19.6 Å². The van der Waals surface area contributed by atoms with Gasteiger partial charge in [-0.05, 0) is 14.1 Å². The minimum absolute atomic E-state index is 0.317. The Kier molecular flexibility index (Phi) is 4.23. The summed E-state index contributed by atoms with van der Waals surface area (Å²) < 4.78 is 5.61. The van der Waals surface area contributed by atoms with Crippen LogP contribution in [0.15, 0.2) is 0 Å². The molecular formula is C10H18N2O. The Labute approximate surface area is 80.7 Å². The van der Waals surface area contributed by atoms with Gasteiger partial charge < -0.3 is 9.64 Å². The Morgan fingerprint density at radius 1 is 1.62 bits per heavy atom. The minimum Gasteiger partial charge on any atom is -0.374 e. The maximum absolute atomic E-state index is 5.61. The summed E-state index contributed by atoms with van der Waals surface area (Å²) in [6.45, 7) is 4.45. The molecule has 1 aliphatic rings. The van der Waals surface area contributed by atoms with E-state index < -0.39 is 0 Å². The first-order valence-electron chi connectivity index (χ1n) is 4.64. The number of rotatable bonds is 3. The Morgan fingerprint density at radius 2 is 2.38 bits per heavy atom. The third-order valence-electron chi connectivity index (χ3n) is 2.11. The van der Waals surface area contributed by atoms with Gasteiger partial charge in [-0.15, -0.1) is 6.42 Å². The molecule has 1 rings (SSSR count). The van der Waals surface area contributed by atoms with Crippen molar-refractivity contribution in [2.24, 2.45) is 0 Å². The van der Waals surface area contributed by atoms with Gasteiger partial charge in [-0.1, -0.05) is 5.92 Å². The summed E-state index contributed by atoms with van der Waals surface area (Å²) in [5.41, 5.74) is 0. The van der Waals surface area contributed by atoms with Crippen molar-refractivity contribution in [3.05, 3.63) is 0 Å². The summed E-state index contributed by atoms with van der Waals surface area (Å²) in [5.74, 6) is 2.67. The molecule has 0 radical (unpaired) electrons. The van der Waals surface area contributed by atoms with Gasteiger partial charge in [-0.25, -0.2) is 0 Å². The second-order valence-corrected chi connectivity index (χ2v) is 3.69. The normalized spacial score (nSPS) is 24.6. The molecule has 0 N–H and O–H groups in total. The average Bonchev–Trinajstić information content (AvgIpc) is 2.04. The molecule has 1 heterocycles. The molecule has 0 amide bonds. The monoisotopic (exact) mass is 182 g/mol. The van der Waals surface area contributed by atoms with Gasteiger partial charge >= 0.3 is 0 Å². The van der Waals surface area contributed by atoms with Crippen molar-refractivity contribution in [1.82, 2.24) is 9.80 Å². The fourth-order valence-electron chi connectivity index (χ4n) is 1.57. The van der Waals surface area contributed by atoms with E-state index in [0.717, 1.165) is 32.8 Å². The van der Waals surface area contributed by atoms with Crippen molar-refractivity contribution in [3.8, 4) is 12.3 Å². The van der Waals surface area contributed by atoms with Crippen molar-refractivity contribution in [3.63, 3.8) is 0 Å². The van der Waals surface area contributed by atoms with Crippen LogP contribution in [-0.2, 0) is 4.74 Å². The number of ether oxygens (including phenoxy) is 1. The van der Waals surface area contributed by atoms with E-state index in [2.05, 4.69) is 29.8 Å². The van der Waals surface area contributed by atoms with E-state index in [1.54, 1.807) is 0 Å². The fraction of sp³-hybridized carbons (Fsp3) is 0.800. The summed E-state index contributed by atoms with van der Waals surface area (Å²) >= 11 is 0. The first-order chi connectivity index (χ1) is 6.22. The van der Waals surface area contributed by atoms with Crippen LogP contribution in [0.2, 0.25) is 0 Å². The van der Waals surface area contributed by atoms with Gasteiger partial charge in [0.1, 0.15) is 0 Å². The van der Waals surface area contributed by atoms with Gasteiger partial charge in [0.15, 0.2) is 0 Å². The average molecular weight is 182 g/mol. The first-order valence-corrected chi connectivity index (χ1v) is 4.64. The van der Waals surface area contributed by atoms with Crippen LogP contribution in [0.25, 0.3) is 0 Å². The van der Waals surface area contributed by atoms with Crippen LogP contribution in [0, 0.1) is 12.3 Å². The number of nitrogens with zero attached hydrogens (tertiary/aromatic N) is 2. The van der Waals surface area contributed by atoms with Crippen LogP contribution in [0.1, 0.15) is 0 Å². The molecule has 1 aliphatic heterocycles. The van der Waals surface area contributed by atoms with Crippen molar-refractivity contribution in [1.29, 1.82) is 0 Å². The zero-order chi connectivity index (χ0) is 9.68. The molecule has 1 atom stereocenters. The van der Waals surface area contributed by atoms with Gasteiger partial charge in [0.25, 0.3) is 0 Å². The van der Waals surface area contributed by atoms with E-state index in [1.165, 1.54) is 0 Å². The van der Waals surface area contributed by atoms with E-state index in [-0.39, 0.29) is 0 Å². The van der Waals surface area contributed by atoms with E-state index in [0.29, 0.717) is 6.10 Å². The molecule has 0 bridgehead atoms. The summed E-state index contributed by atoms with van der Waals surface area (Å²) in [4.78, 5) is 4.40. The van der Waals surface area contributed by atoms with Crippen LogP contribution < -0.4 is 0 Å². The SMILES string of the molecule is C#CCN1CCOC(CN(C)C)C1. The summed E-state index contributed by atoms with van der Waals surface area (Å²) in [5, 5.41) is 0. The summed E-state index contributed by atoms with van der Waals surface area (Å²) in [6.07, 6.45) is 5.58. The standard InChI is InChI=1S/C10H18N2O/c1-4-5-12-6-7-13-10(9-12)8-11(2)3/h1,10H,5-9H2,2-3H3. The minimum atomic E-state index is 0.317. The lowest BCUT2D eigenvalue weighted by molar-refractivity contribution is -0.0338. The topological polar surface area (TPSA) is 15.7 Å². The van der Waals surface area contributed by atoms with Gasteiger partial charge in [0.2, 0.25) is 0 Å². The lowest BCUT2D eigenvalue weighted by Crippen LogP contribution is -2.46. The Morgan fingerprint density at radius 3 is 3.00 bits per heavy atom. The Balaban J connectivity index is 2.29. The van der Waals surface area contributed by atoms with Gasteiger partial charge in [0.05, 0.1) is 19.3 Å². The van der Waals surface area contributed by atoms with Crippen LogP contribution in [0.3, 0.4) is 0 Å². The second-order valence-electron chi connectivity index (χ2n) is 3.69. The predicted octanol–water partition coefficient (Wildman–Crippen LogP) is -0.118. The maximum atomic E-state index is 5.61. The maximum Gasteiger partial charge on any atom is 0.0829 e. The van der Waals surface area contributed by atoms with E-state index in [4.69, 9.17) is 11.2 Å². The zero-order valence-corrected chi connectivity index (χ0v) is 8.49. The Hall–Kier alpha value is -0.560. The number of hydrogen-bond acceptors (Lipinski definition) is 3. The molecule has 3 nitrogen and oxygen atoms in total. The number of terminal acetylenes is 1. The molecule has 1 unspecified atom stereocenters. The van der Waals surface area contributed by atoms with Crippen molar-refractivity contribution in [2.75, 3.05) is 46.9 Å². The smallest absolute Gasteiger partial charge is 0.0829 e. The lowest BCUT2D eigenvalue weighted by atomic mass is 10.2. The van der Waals surface area contributed by atoms with Crippen LogP contribution in [0.5, 0.6) is 0 Å². The number of morpholine rings is 1. The number of hydrogen-bond donors (Lipinski definition) is 0. The highest BCUT2D eigenvalue weighted by atomic mass is 16.5. The highest BCUT2D eigenvalue weighted by Gasteiger charge is 2.19. The van der Waals surface area contributed by atoms with E-state index in [9.17, 15) is 0 Å². The van der Waals surface area contributed by atoms with Gasteiger partial charge in [-0.2, -0.15) is 0 Å². The summed E-state index contributed by atoms with van der Waals surface area (Å²) in [7, 11) is 4.12. The molecule has 0 spiro atoms. The fourth-order valence-corrected chi connectivity index (χ4v) is 1.57. The lowest BCUT2D eigenvalue weighted by Gasteiger charge is -2.32. The van der Waals surface area contributed by atoms with E-state index >= 15 is 0 Å². The van der Waals surface area contributed by atoms with E-state index in [1.807, 2.05) is 0 Å². The molecule has 3 heteroatoms. The van der Waals surface area contributed by atoms with Gasteiger partial charge in [-0.3, -0.25) is 4.90 Å². The zero-order valence-electron chi connectivity index (χ0n) is 8.49. The molecule has 0 aliphatic carbocycles. The first kappa shape index (κ1) is 10.5. The quantitative estimate of drug-likeness (QED) is 0.566. The molecule has 1 saturated heterocycles. The second kappa shape index (κ2) is 5.23. The van der Waals surface area contributed by atoms with Crippen LogP contribution >= 0.6 is 0 Å². The summed E-state index contributed by atoms with van der Waals surface area (Å²) in [6, 6.07) is 0. The molecule has 13 heavy (non-hydrogen) atoms. The molecule has 0 saturated carbocycles. The molecule has 0 aromatic heterocycles. The van der Waals surface area contributed by atoms with Crippen LogP contribution in [-0.4, -0.2) is 62.8 Å². The predicted molar refractivity (Wildman–Crippen MR) is 53.6 cm³/mol. The van der Waals surface area contributed by atoms with Crippen molar-refractivity contribution >= 4 is 0 Å². The largest absolute Gasteiger partial charge is 0.374 e.